The molecule has 0 aliphatic rings. The highest BCUT2D eigenvalue weighted by Crippen LogP contribution is 2.26. The van der Waals surface area contributed by atoms with E-state index in [1.54, 1.807) is 6.07 Å². The monoisotopic (exact) mass is 260 g/mol. The van der Waals surface area contributed by atoms with Crippen LogP contribution in [0.5, 0.6) is 0 Å². The third-order valence-corrected chi connectivity index (χ3v) is 3.20. The Balaban J connectivity index is 2.31. The SMILES string of the molecule is O=C(O)C(Cl)c1ccccc1Cc1ccccc1. The number of aliphatic carboxylic acids is 1. The topological polar surface area (TPSA) is 37.3 Å². The van der Waals surface area contributed by atoms with Crippen LogP contribution >= 0.6 is 11.6 Å². The molecule has 0 aliphatic heterocycles. The van der Waals surface area contributed by atoms with Crippen molar-refractivity contribution in [2.45, 2.75) is 11.8 Å². The smallest absolute Gasteiger partial charge is 0.326 e. The fraction of sp³-hybridized carbons (Fsp3) is 0.133. The second-order valence-corrected chi connectivity index (χ2v) is 4.50. The lowest BCUT2D eigenvalue weighted by Gasteiger charge is -2.11. The summed E-state index contributed by atoms with van der Waals surface area (Å²) in [5, 5.41) is 8.00. The number of halogens is 1. The molecule has 0 aromatic heterocycles. The van der Waals surface area contributed by atoms with Crippen molar-refractivity contribution in [1.82, 2.24) is 0 Å². The van der Waals surface area contributed by atoms with E-state index in [0.29, 0.717) is 12.0 Å². The van der Waals surface area contributed by atoms with Crippen molar-refractivity contribution < 1.29 is 9.90 Å². The molecule has 2 aromatic rings. The van der Waals surface area contributed by atoms with Crippen molar-refractivity contribution in [2.24, 2.45) is 0 Å². The van der Waals surface area contributed by atoms with E-state index in [1.165, 1.54) is 0 Å². The van der Waals surface area contributed by atoms with Gasteiger partial charge in [0.1, 0.15) is 0 Å². The third kappa shape index (κ3) is 2.90. The van der Waals surface area contributed by atoms with Crippen molar-refractivity contribution in [3.05, 3.63) is 71.3 Å². The van der Waals surface area contributed by atoms with Gasteiger partial charge < -0.3 is 5.11 Å². The van der Waals surface area contributed by atoms with Crippen molar-refractivity contribution >= 4 is 17.6 Å². The van der Waals surface area contributed by atoms with Crippen LogP contribution in [0.1, 0.15) is 22.1 Å². The molecule has 0 saturated heterocycles. The van der Waals surface area contributed by atoms with Crippen LogP contribution < -0.4 is 0 Å². The highest BCUT2D eigenvalue weighted by atomic mass is 35.5. The molecular weight excluding hydrogens is 248 g/mol. The first kappa shape index (κ1) is 12.7. The standard InChI is InChI=1S/C15H13ClO2/c16-14(15(17)18)13-9-5-4-8-12(13)10-11-6-2-1-3-7-11/h1-9,14H,10H2,(H,17,18). The van der Waals surface area contributed by atoms with Crippen LogP contribution in [-0.4, -0.2) is 11.1 Å². The summed E-state index contributed by atoms with van der Waals surface area (Å²) in [6.07, 6.45) is 0.688. The van der Waals surface area contributed by atoms with Crippen molar-refractivity contribution in [2.75, 3.05) is 0 Å². The van der Waals surface area contributed by atoms with Crippen LogP contribution in [0.4, 0.5) is 0 Å². The van der Waals surface area contributed by atoms with E-state index >= 15 is 0 Å². The van der Waals surface area contributed by atoms with Crippen LogP contribution in [0.25, 0.3) is 0 Å². The second-order valence-electron chi connectivity index (χ2n) is 4.06. The van der Waals surface area contributed by atoms with Gasteiger partial charge in [-0.25, -0.2) is 0 Å². The Kier molecular flexibility index (Phi) is 4.00. The number of hydrogen-bond donors (Lipinski definition) is 1. The molecule has 0 heterocycles. The quantitative estimate of drug-likeness (QED) is 0.852. The molecule has 18 heavy (non-hydrogen) atoms. The molecule has 2 nitrogen and oxygen atoms in total. The summed E-state index contributed by atoms with van der Waals surface area (Å²) in [6, 6.07) is 17.3. The van der Waals surface area contributed by atoms with E-state index in [2.05, 4.69) is 0 Å². The van der Waals surface area contributed by atoms with Gasteiger partial charge in [-0.3, -0.25) is 4.79 Å². The van der Waals surface area contributed by atoms with Gasteiger partial charge in [0.05, 0.1) is 0 Å². The number of alkyl halides is 1. The Hall–Kier alpha value is -1.80. The third-order valence-electron chi connectivity index (χ3n) is 2.78. The average Bonchev–Trinajstić information content (AvgIpc) is 2.39. The molecule has 0 aliphatic carbocycles. The Morgan fingerprint density at radius 1 is 1.06 bits per heavy atom. The van der Waals surface area contributed by atoms with Crippen molar-refractivity contribution in [3.8, 4) is 0 Å². The van der Waals surface area contributed by atoms with Gasteiger partial charge >= 0.3 is 5.97 Å². The van der Waals surface area contributed by atoms with Gasteiger partial charge in [-0.05, 0) is 23.1 Å². The van der Waals surface area contributed by atoms with Gasteiger partial charge in [-0.15, -0.1) is 11.6 Å². The molecule has 3 heteroatoms. The Morgan fingerprint density at radius 2 is 1.67 bits per heavy atom. The van der Waals surface area contributed by atoms with E-state index in [4.69, 9.17) is 16.7 Å². The zero-order valence-electron chi connectivity index (χ0n) is 9.71. The number of hydrogen-bond acceptors (Lipinski definition) is 1. The molecule has 0 saturated carbocycles. The largest absolute Gasteiger partial charge is 0.480 e. The Morgan fingerprint density at radius 3 is 2.33 bits per heavy atom. The normalized spacial score (nSPS) is 12.1. The second kappa shape index (κ2) is 5.69. The van der Waals surface area contributed by atoms with E-state index in [0.717, 1.165) is 11.1 Å². The van der Waals surface area contributed by atoms with Gasteiger partial charge in [0.2, 0.25) is 0 Å². The molecule has 1 atom stereocenters. The van der Waals surface area contributed by atoms with Gasteiger partial charge in [0.25, 0.3) is 0 Å². The van der Waals surface area contributed by atoms with Gasteiger partial charge in [-0.1, -0.05) is 54.6 Å². The number of carbonyl (C=O) groups is 1. The molecule has 0 amide bonds. The molecule has 0 radical (unpaired) electrons. The number of rotatable bonds is 4. The molecule has 0 fully saturated rings. The predicted molar refractivity (Wildman–Crippen MR) is 71.9 cm³/mol. The summed E-state index contributed by atoms with van der Waals surface area (Å²) in [5.41, 5.74) is 2.75. The lowest BCUT2D eigenvalue weighted by atomic mass is 9.98. The lowest BCUT2D eigenvalue weighted by Crippen LogP contribution is -2.08. The molecule has 2 rings (SSSR count). The number of benzene rings is 2. The fourth-order valence-corrected chi connectivity index (χ4v) is 2.10. The summed E-state index contributed by atoms with van der Waals surface area (Å²) in [4.78, 5) is 11.0. The predicted octanol–water partition coefficient (Wildman–Crippen LogP) is 3.64. The first-order chi connectivity index (χ1) is 8.68. The molecule has 0 bridgehead atoms. The van der Waals surface area contributed by atoms with E-state index in [9.17, 15) is 4.79 Å². The molecule has 92 valence electrons. The molecule has 2 aromatic carbocycles. The van der Waals surface area contributed by atoms with Crippen molar-refractivity contribution in [3.63, 3.8) is 0 Å². The lowest BCUT2D eigenvalue weighted by molar-refractivity contribution is -0.136. The minimum absolute atomic E-state index is 0.663. The number of carboxylic acid groups (broad SMARTS) is 1. The first-order valence-corrected chi connectivity index (χ1v) is 6.10. The Bertz CT molecular complexity index is 537. The zero-order valence-corrected chi connectivity index (χ0v) is 10.5. The van der Waals surface area contributed by atoms with Crippen molar-refractivity contribution in [1.29, 1.82) is 0 Å². The summed E-state index contributed by atoms with van der Waals surface area (Å²) in [6.45, 7) is 0. The minimum Gasteiger partial charge on any atom is -0.480 e. The van der Waals surface area contributed by atoms with Crippen LogP contribution in [0.15, 0.2) is 54.6 Å². The Labute approximate surface area is 111 Å². The van der Waals surface area contributed by atoms with Gasteiger partial charge in [-0.2, -0.15) is 0 Å². The summed E-state index contributed by atoms with van der Waals surface area (Å²) in [5.74, 6) is -1.02. The van der Waals surface area contributed by atoms with Crippen LogP contribution in [0, 0.1) is 0 Å². The summed E-state index contributed by atoms with van der Waals surface area (Å²) in [7, 11) is 0. The maximum Gasteiger partial charge on any atom is 0.326 e. The molecule has 1 unspecified atom stereocenters. The summed E-state index contributed by atoms with van der Waals surface area (Å²) >= 11 is 5.91. The molecular formula is C15H13ClO2. The van der Waals surface area contributed by atoms with Gasteiger partial charge in [0.15, 0.2) is 5.38 Å². The van der Waals surface area contributed by atoms with E-state index in [1.807, 2.05) is 48.5 Å². The zero-order chi connectivity index (χ0) is 13.0. The van der Waals surface area contributed by atoms with Crippen LogP contribution in [-0.2, 0) is 11.2 Å². The highest BCUT2D eigenvalue weighted by molar-refractivity contribution is 6.29. The average molecular weight is 261 g/mol. The minimum atomic E-state index is -1.02. The van der Waals surface area contributed by atoms with E-state index < -0.39 is 11.3 Å². The van der Waals surface area contributed by atoms with Gasteiger partial charge in [0, 0.05) is 0 Å². The van der Waals surface area contributed by atoms with Crippen LogP contribution in [0.2, 0.25) is 0 Å². The molecule has 1 N–H and O–H groups in total. The first-order valence-electron chi connectivity index (χ1n) is 5.67. The maximum absolute atomic E-state index is 11.0. The van der Waals surface area contributed by atoms with E-state index in [-0.39, 0.29) is 0 Å². The maximum atomic E-state index is 11.0. The highest BCUT2D eigenvalue weighted by Gasteiger charge is 2.19. The molecule has 0 spiro atoms. The number of carboxylic acids is 1. The summed E-state index contributed by atoms with van der Waals surface area (Å²) < 4.78 is 0. The fourth-order valence-electron chi connectivity index (χ4n) is 1.89. The van der Waals surface area contributed by atoms with Crippen LogP contribution in [0.3, 0.4) is 0 Å².